The van der Waals surface area contributed by atoms with Crippen molar-refractivity contribution in [3.8, 4) is 0 Å². The van der Waals surface area contributed by atoms with Gasteiger partial charge in [0.1, 0.15) is 11.7 Å². The largest absolute Gasteiger partial charge is 0.480 e. The van der Waals surface area contributed by atoms with E-state index in [0.29, 0.717) is 16.9 Å². The number of rotatable bonds is 5. The quantitative estimate of drug-likeness (QED) is 0.392. The Hall–Kier alpha value is -2.85. The van der Waals surface area contributed by atoms with Crippen molar-refractivity contribution < 1.29 is 19.7 Å². The lowest BCUT2D eigenvalue weighted by atomic mass is 9.79. The van der Waals surface area contributed by atoms with Crippen LogP contribution in [0.25, 0.3) is 0 Å². The van der Waals surface area contributed by atoms with E-state index in [1.165, 1.54) is 23.9 Å². The highest BCUT2D eigenvalue weighted by molar-refractivity contribution is 8.00. The molecule has 0 spiro atoms. The number of para-hydroxylation sites is 2. The van der Waals surface area contributed by atoms with E-state index in [4.69, 9.17) is 11.6 Å². The van der Waals surface area contributed by atoms with Crippen molar-refractivity contribution in [1.82, 2.24) is 0 Å². The number of halogens is 1. The first-order valence-corrected chi connectivity index (χ1v) is 10.4. The predicted octanol–water partition coefficient (Wildman–Crippen LogP) is 4.25. The Bertz CT molecular complexity index is 1050. The molecule has 1 aliphatic carbocycles. The minimum atomic E-state index is -1.12. The van der Waals surface area contributed by atoms with Gasteiger partial charge in [0, 0.05) is 23.3 Å². The summed E-state index contributed by atoms with van der Waals surface area (Å²) in [5.41, 5.74) is 0.552. The van der Waals surface area contributed by atoms with Gasteiger partial charge in [0.15, 0.2) is 0 Å². The van der Waals surface area contributed by atoms with Crippen molar-refractivity contribution in [3.63, 3.8) is 0 Å². The zero-order valence-electron chi connectivity index (χ0n) is 15.3. The van der Waals surface area contributed by atoms with E-state index >= 15 is 0 Å². The number of carboxylic acids is 1. The van der Waals surface area contributed by atoms with Gasteiger partial charge in [-0.05, 0) is 24.0 Å². The summed E-state index contributed by atoms with van der Waals surface area (Å²) in [7, 11) is 0. The fourth-order valence-electron chi connectivity index (χ4n) is 4.39. The predicted molar refractivity (Wildman–Crippen MR) is 111 cm³/mol. The molecule has 1 saturated carbocycles. The maximum Gasteiger partial charge on any atom is 0.326 e. The van der Waals surface area contributed by atoms with E-state index in [9.17, 15) is 30.1 Å². The van der Waals surface area contributed by atoms with E-state index in [2.05, 4.69) is 5.32 Å². The second-order valence-electron chi connectivity index (χ2n) is 7.21. The van der Waals surface area contributed by atoms with Gasteiger partial charge in [-0.1, -0.05) is 24.3 Å². The lowest BCUT2D eigenvalue weighted by Crippen LogP contribution is -2.42. The van der Waals surface area contributed by atoms with Crippen molar-refractivity contribution in [2.45, 2.75) is 33.9 Å². The van der Waals surface area contributed by atoms with Crippen molar-refractivity contribution in [3.05, 3.63) is 68.3 Å². The normalized spacial score (nSPS) is 26.9. The summed E-state index contributed by atoms with van der Waals surface area (Å²) in [5.74, 6) is -1.95. The molecule has 5 atom stereocenters. The number of fused-ring (bicyclic) bond motifs is 3. The third kappa shape index (κ3) is 3.35. The van der Waals surface area contributed by atoms with Gasteiger partial charge in [0.25, 0.3) is 11.4 Å². The van der Waals surface area contributed by atoms with Crippen molar-refractivity contribution in [2.75, 3.05) is 5.32 Å². The van der Waals surface area contributed by atoms with Crippen molar-refractivity contribution in [1.29, 1.82) is 0 Å². The van der Waals surface area contributed by atoms with E-state index in [-0.39, 0.29) is 22.3 Å². The van der Waals surface area contributed by atoms with E-state index < -0.39 is 39.1 Å². The van der Waals surface area contributed by atoms with Gasteiger partial charge >= 0.3 is 5.97 Å². The second kappa shape index (κ2) is 7.77. The highest BCUT2D eigenvalue weighted by atomic mass is 35.5. The summed E-state index contributed by atoms with van der Waals surface area (Å²) in [5, 5.41) is 34.5. The number of nitro benzene ring substituents is 2. The number of carboxylic acid groups (broad SMARTS) is 1. The van der Waals surface area contributed by atoms with Crippen LogP contribution in [0.1, 0.15) is 17.9 Å². The SMILES string of the molecule is O=C(O)[C@H]1Nc2c(cccc2[N+](=O)[O-])[C@@H]2[C@H](Cl)[C@H](Sc3ccccc3[N+](=O)[O-])C[C@H]21. The molecule has 4 rings (SSSR count). The lowest BCUT2D eigenvalue weighted by molar-refractivity contribution is -0.387. The maximum atomic E-state index is 11.9. The molecular weight excluding hydrogens is 434 g/mol. The molecule has 0 amide bonds. The molecule has 1 aliphatic heterocycles. The summed E-state index contributed by atoms with van der Waals surface area (Å²) < 4.78 is 0. The number of nitrogens with one attached hydrogen (secondary N) is 1. The zero-order chi connectivity index (χ0) is 21.6. The molecule has 2 N–H and O–H groups in total. The topological polar surface area (TPSA) is 136 Å². The Kier molecular flexibility index (Phi) is 5.29. The molecule has 0 unspecified atom stereocenters. The first-order valence-electron chi connectivity index (χ1n) is 9.10. The maximum absolute atomic E-state index is 11.9. The van der Waals surface area contributed by atoms with Crippen molar-refractivity contribution in [2.24, 2.45) is 5.92 Å². The third-order valence-electron chi connectivity index (χ3n) is 5.63. The third-order valence-corrected chi connectivity index (χ3v) is 7.74. The highest BCUT2D eigenvalue weighted by Gasteiger charge is 2.53. The zero-order valence-corrected chi connectivity index (χ0v) is 16.9. The molecular formula is C19H16ClN3O6S. The van der Waals surface area contributed by atoms with E-state index in [0.717, 1.165) is 0 Å². The number of hydrogen-bond donors (Lipinski definition) is 2. The fraction of sp³-hybridized carbons (Fsp3) is 0.316. The molecule has 0 saturated heterocycles. The summed E-state index contributed by atoms with van der Waals surface area (Å²) in [6.45, 7) is 0. The smallest absolute Gasteiger partial charge is 0.326 e. The van der Waals surface area contributed by atoms with Gasteiger partial charge in [-0.2, -0.15) is 0 Å². The number of anilines is 1. The first-order chi connectivity index (χ1) is 14.3. The fourth-order valence-corrected chi connectivity index (χ4v) is 6.34. The summed E-state index contributed by atoms with van der Waals surface area (Å²) >= 11 is 8.03. The van der Waals surface area contributed by atoms with Crippen molar-refractivity contribution >= 4 is 46.4 Å². The molecule has 11 heteroatoms. The molecule has 2 aromatic carbocycles. The van der Waals surface area contributed by atoms with Gasteiger partial charge in [-0.3, -0.25) is 20.2 Å². The van der Waals surface area contributed by atoms with Crippen LogP contribution in [0.15, 0.2) is 47.4 Å². The van der Waals surface area contributed by atoms with Gasteiger partial charge in [0.05, 0.1) is 20.1 Å². The Balaban J connectivity index is 1.73. The number of benzene rings is 2. The number of aliphatic carboxylic acids is 1. The molecule has 30 heavy (non-hydrogen) atoms. The molecule has 0 bridgehead atoms. The summed E-state index contributed by atoms with van der Waals surface area (Å²) in [4.78, 5) is 34.2. The number of alkyl halides is 1. The lowest BCUT2D eigenvalue weighted by Gasteiger charge is -2.35. The average molecular weight is 450 g/mol. The van der Waals surface area contributed by atoms with Gasteiger partial charge < -0.3 is 10.4 Å². The van der Waals surface area contributed by atoms with Crippen LogP contribution >= 0.6 is 23.4 Å². The number of nitro groups is 2. The molecule has 2 aliphatic rings. The monoisotopic (exact) mass is 449 g/mol. The van der Waals surface area contributed by atoms with Crippen LogP contribution in [-0.4, -0.2) is 37.6 Å². The number of hydrogen-bond acceptors (Lipinski definition) is 7. The van der Waals surface area contributed by atoms with Crippen LogP contribution in [0.3, 0.4) is 0 Å². The van der Waals surface area contributed by atoms with Crippen LogP contribution in [0.4, 0.5) is 17.1 Å². The average Bonchev–Trinajstić information content (AvgIpc) is 3.03. The molecule has 1 heterocycles. The second-order valence-corrected chi connectivity index (χ2v) is 8.99. The van der Waals surface area contributed by atoms with Crippen LogP contribution in [0.5, 0.6) is 0 Å². The molecule has 156 valence electrons. The minimum Gasteiger partial charge on any atom is -0.480 e. The minimum absolute atomic E-state index is 0.0369. The standard InChI is InChI=1S/C19H16ClN3O6S/c20-16-14(30-13-7-2-1-5-11(13)22(26)27)8-10-15(16)9-4-3-6-12(23(28)29)17(9)21-18(10)19(24)25/h1-7,10,14-16,18,21H,8H2,(H,24,25)/t10-,14-,15+,16-,18+/m1/s1. The Morgan fingerprint density at radius 1 is 1.10 bits per heavy atom. The molecule has 1 fully saturated rings. The van der Waals surface area contributed by atoms with Gasteiger partial charge in [-0.15, -0.1) is 23.4 Å². The highest BCUT2D eigenvalue weighted by Crippen LogP contribution is 2.56. The number of thioether (sulfide) groups is 1. The number of nitrogens with zero attached hydrogens (tertiary/aromatic N) is 2. The molecule has 0 radical (unpaired) electrons. The Morgan fingerprint density at radius 2 is 1.77 bits per heavy atom. The van der Waals surface area contributed by atoms with Gasteiger partial charge in [0.2, 0.25) is 0 Å². The molecule has 0 aromatic heterocycles. The Morgan fingerprint density at radius 3 is 2.43 bits per heavy atom. The Labute approximate surface area is 179 Å². The van der Waals surface area contributed by atoms with E-state index in [1.807, 2.05) is 0 Å². The molecule has 2 aromatic rings. The summed E-state index contributed by atoms with van der Waals surface area (Å²) in [6.07, 6.45) is 0.404. The molecule has 9 nitrogen and oxygen atoms in total. The van der Waals surface area contributed by atoms with Crippen LogP contribution in [0.2, 0.25) is 0 Å². The van der Waals surface area contributed by atoms with Crippen LogP contribution in [0, 0.1) is 26.1 Å². The van der Waals surface area contributed by atoms with Gasteiger partial charge in [-0.25, -0.2) is 4.79 Å². The van der Waals surface area contributed by atoms with E-state index in [1.54, 1.807) is 30.3 Å². The van der Waals surface area contributed by atoms with Crippen LogP contribution in [-0.2, 0) is 4.79 Å². The number of carbonyl (C=O) groups is 1. The summed E-state index contributed by atoms with van der Waals surface area (Å²) in [6, 6.07) is 9.88. The first kappa shape index (κ1) is 20.4. The van der Waals surface area contributed by atoms with Crippen LogP contribution < -0.4 is 5.32 Å².